The van der Waals surface area contributed by atoms with E-state index in [-0.39, 0.29) is 6.04 Å². The molecule has 0 radical (unpaired) electrons. The molecule has 0 saturated carbocycles. The van der Waals surface area contributed by atoms with Crippen molar-refractivity contribution in [1.82, 2.24) is 5.43 Å². The molecule has 2 aromatic carbocycles. The summed E-state index contributed by atoms with van der Waals surface area (Å²) >= 11 is 13.1. The maximum atomic E-state index is 6.12. The minimum atomic E-state index is 0.0179. The van der Waals surface area contributed by atoms with Crippen LogP contribution in [-0.2, 0) is 6.42 Å². The average Bonchev–Trinajstić information content (AvgIpc) is 2.41. The predicted octanol–water partition coefficient (Wildman–Crippen LogP) is 4.61. The van der Waals surface area contributed by atoms with E-state index in [1.54, 1.807) is 0 Å². The van der Waals surface area contributed by atoms with E-state index in [2.05, 4.69) is 43.4 Å². The first kappa shape index (κ1) is 15.0. The van der Waals surface area contributed by atoms with E-state index >= 15 is 0 Å². The lowest BCUT2D eigenvalue weighted by Crippen LogP contribution is -2.29. The van der Waals surface area contributed by atoms with Gasteiger partial charge >= 0.3 is 0 Å². The summed E-state index contributed by atoms with van der Waals surface area (Å²) in [5.41, 5.74) is 5.11. The summed E-state index contributed by atoms with van der Waals surface area (Å²) in [6.07, 6.45) is 0.788. The maximum Gasteiger partial charge on any atom is 0.0551 e. The van der Waals surface area contributed by atoms with E-state index in [0.29, 0.717) is 5.02 Å². The fraction of sp³-hybridized carbons (Fsp3) is 0.143. The largest absolute Gasteiger partial charge is 0.271 e. The molecule has 1 unspecified atom stereocenters. The summed E-state index contributed by atoms with van der Waals surface area (Å²) in [4.78, 5) is 0. The molecule has 2 aromatic rings. The Morgan fingerprint density at radius 1 is 1.11 bits per heavy atom. The summed E-state index contributed by atoms with van der Waals surface area (Å²) < 4.78 is 1.97. The summed E-state index contributed by atoms with van der Waals surface area (Å²) in [5, 5.41) is 0.685. The van der Waals surface area contributed by atoms with Gasteiger partial charge in [-0.1, -0.05) is 51.8 Å². The number of benzene rings is 2. The molecule has 0 amide bonds. The molecule has 3 N–H and O–H groups in total. The quantitative estimate of drug-likeness (QED) is 0.577. The molecule has 0 fully saturated rings. The summed E-state index contributed by atoms with van der Waals surface area (Å²) in [5.74, 6) is 5.67. The van der Waals surface area contributed by atoms with E-state index < -0.39 is 0 Å². The van der Waals surface area contributed by atoms with Crippen molar-refractivity contribution < 1.29 is 0 Å². The van der Waals surface area contributed by atoms with Crippen molar-refractivity contribution in [3.05, 3.63) is 67.6 Å². The number of hydrogen-bond acceptors (Lipinski definition) is 2. The van der Waals surface area contributed by atoms with Crippen LogP contribution in [0.3, 0.4) is 0 Å². The molecule has 1 atom stereocenters. The Kier molecular flexibility index (Phi) is 5.42. The van der Waals surface area contributed by atoms with Crippen LogP contribution in [0.5, 0.6) is 0 Å². The van der Waals surface area contributed by atoms with Crippen LogP contribution < -0.4 is 11.3 Å². The average molecular weight is 405 g/mol. The summed E-state index contributed by atoms with van der Waals surface area (Å²) in [6.45, 7) is 0. The topological polar surface area (TPSA) is 38.0 Å². The van der Waals surface area contributed by atoms with Gasteiger partial charge in [0.05, 0.1) is 11.1 Å². The van der Waals surface area contributed by atoms with Gasteiger partial charge in [-0.25, -0.2) is 0 Å². The molecular formula is C14H13Br2ClN2. The first-order chi connectivity index (χ1) is 9.11. The number of halogens is 3. The zero-order chi connectivity index (χ0) is 13.8. The lowest BCUT2D eigenvalue weighted by Gasteiger charge is -2.18. The standard InChI is InChI=1S/C14H13Br2ClN2/c15-11-4-2-1-3-9(11)8-14(19-18)10-5-6-12(16)13(17)7-10/h1-7,14,19H,8,18H2. The van der Waals surface area contributed by atoms with E-state index in [0.717, 1.165) is 20.9 Å². The van der Waals surface area contributed by atoms with E-state index in [4.69, 9.17) is 17.4 Å². The molecule has 19 heavy (non-hydrogen) atoms. The molecule has 5 heteroatoms. The van der Waals surface area contributed by atoms with E-state index in [1.807, 2.05) is 36.4 Å². The van der Waals surface area contributed by atoms with Crippen LogP contribution >= 0.6 is 43.5 Å². The second-order valence-electron chi connectivity index (χ2n) is 4.19. The number of nitrogens with two attached hydrogens (primary N) is 1. The van der Waals surface area contributed by atoms with Gasteiger partial charge in [0, 0.05) is 8.95 Å². The number of nitrogens with one attached hydrogen (secondary N) is 1. The molecule has 0 aliphatic heterocycles. The lowest BCUT2D eigenvalue weighted by atomic mass is 9.99. The fourth-order valence-electron chi connectivity index (χ4n) is 1.89. The van der Waals surface area contributed by atoms with Crippen molar-refractivity contribution in [2.24, 2.45) is 5.84 Å². The van der Waals surface area contributed by atoms with Gasteiger partial charge in [-0.05, 0) is 51.7 Å². The van der Waals surface area contributed by atoms with Crippen molar-refractivity contribution in [1.29, 1.82) is 0 Å². The third kappa shape index (κ3) is 3.80. The molecule has 0 aliphatic carbocycles. The molecule has 0 bridgehead atoms. The van der Waals surface area contributed by atoms with Gasteiger partial charge in [0.15, 0.2) is 0 Å². The minimum absolute atomic E-state index is 0.0179. The van der Waals surface area contributed by atoms with Gasteiger partial charge in [-0.15, -0.1) is 0 Å². The van der Waals surface area contributed by atoms with Crippen LogP contribution in [0.1, 0.15) is 17.2 Å². The highest BCUT2D eigenvalue weighted by molar-refractivity contribution is 9.10. The Balaban J connectivity index is 2.25. The molecule has 0 spiro atoms. The number of hydrazine groups is 1. The van der Waals surface area contributed by atoms with Gasteiger partial charge in [-0.2, -0.15) is 0 Å². The summed E-state index contributed by atoms with van der Waals surface area (Å²) in [6, 6.07) is 14.0. The molecular weight excluding hydrogens is 391 g/mol. The Morgan fingerprint density at radius 3 is 2.47 bits per heavy atom. The van der Waals surface area contributed by atoms with Crippen LogP contribution in [0.2, 0.25) is 5.02 Å². The Labute approximate surface area is 134 Å². The summed E-state index contributed by atoms with van der Waals surface area (Å²) in [7, 11) is 0. The van der Waals surface area contributed by atoms with Crippen molar-refractivity contribution >= 4 is 43.5 Å². The first-order valence-electron chi connectivity index (χ1n) is 5.76. The zero-order valence-electron chi connectivity index (χ0n) is 10.0. The van der Waals surface area contributed by atoms with Gasteiger partial charge in [0.2, 0.25) is 0 Å². The van der Waals surface area contributed by atoms with Crippen molar-refractivity contribution in [2.45, 2.75) is 12.5 Å². The number of rotatable bonds is 4. The highest BCUT2D eigenvalue weighted by atomic mass is 79.9. The molecule has 0 saturated heterocycles. The van der Waals surface area contributed by atoms with Crippen molar-refractivity contribution in [2.75, 3.05) is 0 Å². The van der Waals surface area contributed by atoms with Crippen LogP contribution in [0, 0.1) is 0 Å². The lowest BCUT2D eigenvalue weighted by molar-refractivity contribution is 0.551. The SMILES string of the molecule is NNC(Cc1ccccc1Br)c1ccc(Br)c(Cl)c1. The first-order valence-corrected chi connectivity index (χ1v) is 7.72. The van der Waals surface area contributed by atoms with Gasteiger partial charge in [-0.3, -0.25) is 11.3 Å². The second kappa shape index (κ2) is 6.86. The van der Waals surface area contributed by atoms with Crippen molar-refractivity contribution in [3.63, 3.8) is 0 Å². The predicted molar refractivity (Wildman–Crippen MR) is 87.1 cm³/mol. The normalized spacial score (nSPS) is 12.4. The van der Waals surface area contributed by atoms with Crippen LogP contribution in [0.4, 0.5) is 0 Å². The smallest absolute Gasteiger partial charge is 0.0551 e. The monoisotopic (exact) mass is 402 g/mol. The van der Waals surface area contributed by atoms with Gasteiger partial charge in [0.1, 0.15) is 0 Å². The molecule has 100 valence electrons. The second-order valence-corrected chi connectivity index (χ2v) is 6.30. The third-order valence-electron chi connectivity index (χ3n) is 2.93. The molecule has 2 nitrogen and oxygen atoms in total. The molecule has 0 heterocycles. The highest BCUT2D eigenvalue weighted by Gasteiger charge is 2.13. The van der Waals surface area contributed by atoms with Crippen LogP contribution in [0.15, 0.2) is 51.4 Å². The van der Waals surface area contributed by atoms with Gasteiger partial charge in [0.25, 0.3) is 0 Å². The maximum absolute atomic E-state index is 6.12. The Bertz CT molecular complexity index is 575. The number of hydrogen-bond donors (Lipinski definition) is 2. The van der Waals surface area contributed by atoms with E-state index in [9.17, 15) is 0 Å². The van der Waals surface area contributed by atoms with Crippen LogP contribution in [-0.4, -0.2) is 0 Å². The van der Waals surface area contributed by atoms with E-state index in [1.165, 1.54) is 5.56 Å². The van der Waals surface area contributed by atoms with Crippen LogP contribution in [0.25, 0.3) is 0 Å². The Morgan fingerprint density at radius 2 is 1.84 bits per heavy atom. The van der Waals surface area contributed by atoms with Crippen molar-refractivity contribution in [3.8, 4) is 0 Å². The third-order valence-corrected chi connectivity index (χ3v) is 4.94. The molecule has 0 aromatic heterocycles. The Hall–Kier alpha value is -0.390. The zero-order valence-corrected chi connectivity index (χ0v) is 14.0. The fourth-order valence-corrected chi connectivity index (χ4v) is 2.77. The highest BCUT2D eigenvalue weighted by Crippen LogP contribution is 2.28. The van der Waals surface area contributed by atoms with Gasteiger partial charge < -0.3 is 0 Å². The molecule has 0 aliphatic rings. The molecule has 2 rings (SSSR count). The minimum Gasteiger partial charge on any atom is -0.271 e.